The van der Waals surface area contributed by atoms with Gasteiger partial charge in [-0.25, -0.2) is 9.59 Å². The highest BCUT2D eigenvalue weighted by molar-refractivity contribution is 6.30. The Kier molecular flexibility index (Phi) is 5.09. The molecule has 0 aromatic heterocycles. The molecule has 1 aromatic rings. The van der Waals surface area contributed by atoms with Crippen molar-refractivity contribution in [2.24, 2.45) is 5.73 Å². The van der Waals surface area contributed by atoms with Crippen molar-refractivity contribution >= 4 is 23.8 Å². The van der Waals surface area contributed by atoms with Crippen LogP contribution in [0.5, 0.6) is 5.75 Å². The molecule has 0 heterocycles. The Morgan fingerprint density at radius 1 is 1.29 bits per heavy atom. The van der Waals surface area contributed by atoms with Gasteiger partial charge in [0.2, 0.25) is 0 Å². The molecule has 0 atom stereocenters. The van der Waals surface area contributed by atoms with Gasteiger partial charge >= 0.3 is 12.2 Å². The molecule has 0 aliphatic rings. The molecule has 0 radical (unpaired) electrons. The summed E-state index contributed by atoms with van der Waals surface area (Å²) < 4.78 is 9.31. The van der Waals surface area contributed by atoms with E-state index >= 15 is 0 Å². The average Bonchev–Trinajstić information content (AvgIpc) is 2.27. The van der Waals surface area contributed by atoms with Crippen molar-refractivity contribution in [3.8, 4) is 5.75 Å². The first-order valence-electron chi connectivity index (χ1n) is 4.71. The Bertz CT molecular complexity index is 394. The minimum absolute atomic E-state index is 0.00888. The molecule has 17 heavy (non-hydrogen) atoms. The summed E-state index contributed by atoms with van der Waals surface area (Å²) in [6.07, 6.45) is -1.54. The molecule has 0 aliphatic heterocycles. The van der Waals surface area contributed by atoms with Gasteiger partial charge in [-0.15, -0.1) is 0 Å². The third-order valence-electron chi connectivity index (χ3n) is 1.64. The Balaban J connectivity index is 2.25. The van der Waals surface area contributed by atoms with Crippen LogP contribution < -0.4 is 15.8 Å². The lowest BCUT2D eigenvalue weighted by Crippen LogP contribution is -2.31. The van der Waals surface area contributed by atoms with Crippen LogP contribution in [0.25, 0.3) is 0 Å². The topological polar surface area (TPSA) is 90.7 Å². The van der Waals surface area contributed by atoms with Crippen molar-refractivity contribution in [3.05, 3.63) is 29.3 Å². The first-order chi connectivity index (χ1) is 8.08. The number of nitrogens with two attached hydrogens (primary N) is 1. The Labute approximate surface area is 103 Å². The fourth-order valence-corrected chi connectivity index (χ4v) is 1.08. The molecule has 0 fully saturated rings. The number of primary amides is 1. The molecule has 7 heteroatoms. The van der Waals surface area contributed by atoms with Gasteiger partial charge in [0, 0.05) is 5.02 Å². The molecule has 1 aromatic carbocycles. The van der Waals surface area contributed by atoms with E-state index in [1.54, 1.807) is 24.3 Å². The number of ether oxygens (including phenoxy) is 2. The van der Waals surface area contributed by atoms with Crippen LogP contribution in [0, 0.1) is 0 Å². The molecular formula is C10H11ClN2O4. The molecule has 1 rings (SSSR count). The van der Waals surface area contributed by atoms with E-state index in [2.05, 4.69) is 10.1 Å². The lowest BCUT2D eigenvalue weighted by molar-refractivity contribution is 0.154. The fraction of sp³-hybridized carbons (Fsp3) is 0.200. The largest absolute Gasteiger partial charge is 0.448 e. The van der Waals surface area contributed by atoms with Crippen molar-refractivity contribution in [1.29, 1.82) is 0 Å². The van der Waals surface area contributed by atoms with E-state index in [0.717, 1.165) is 0 Å². The van der Waals surface area contributed by atoms with Gasteiger partial charge in [-0.05, 0) is 24.3 Å². The predicted molar refractivity (Wildman–Crippen MR) is 61.0 cm³/mol. The molecule has 0 spiro atoms. The molecule has 2 amide bonds. The van der Waals surface area contributed by atoms with Gasteiger partial charge in [-0.1, -0.05) is 11.6 Å². The summed E-state index contributed by atoms with van der Waals surface area (Å²) >= 11 is 5.66. The zero-order chi connectivity index (χ0) is 12.7. The highest BCUT2D eigenvalue weighted by atomic mass is 35.5. The first kappa shape index (κ1) is 13.1. The van der Waals surface area contributed by atoms with E-state index in [1.807, 2.05) is 0 Å². The third kappa shape index (κ3) is 5.62. The number of hydrogen-bond donors (Lipinski definition) is 2. The highest BCUT2D eigenvalue weighted by Gasteiger charge is 2.03. The smallest absolute Gasteiger partial charge is 0.412 e. The van der Waals surface area contributed by atoms with Crippen molar-refractivity contribution in [2.75, 3.05) is 13.2 Å². The van der Waals surface area contributed by atoms with Crippen LogP contribution in [-0.2, 0) is 4.74 Å². The van der Waals surface area contributed by atoms with Gasteiger partial charge in [-0.2, -0.15) is 0 Å². The predicted octanol–water partition coefficient (Wildman–Crippen LogP) is 1.52. The molecule has 0 saturated heterocycles. The second-order valence-electron chi connectivity index (χ2n) is 2.94. The van der Waals surface area contributed by atoms with Crippen molar-refractivity contribution in [2.45, 2.75) is 0 Å². The number of hydrogen-bond acceptors (Lipinski definition) is 4. The van der Waals surface area contributed by atoms with E-state index in [0.29, 0.717) is 10.8 Å². The summed E-state index contributed by atoms with van der Waals surface area (Å²) in [6.45, 7) is 0.112. The van der Waals surface area contributed by atoms with Gasteiger partial charge in [-0.3, -0.25) is 0 Å². The Morgan fingerprint density at radius 3 is 2.53 bits per heavy atom. The molecule has 92 valence electrons. The maximum atomic E-state index is 11.2. The highest BCUT2D eigenvalue weighted by Crippen LogP contribution is 2.15. The molecule has 0 bridgehead atoms. The molecular weight excluding hydrogens is 248 g/mol. The van der Waals surface area contributed by atoms with Crippen molar-refractivity contribution in [1.82, 2.24) is 5.32 Å². The number of rotatable bonds is 4. The van der Waals surface area contributed by atoms with Gasteiger partial charge in [0.15, 0.2) is 0 Å². The van der Waals surface area contributed by atoms with E-state index < -0.39 is 12.2 Å². The summed E-state index contributed by atoms with van der Waals surface area (Å²) in [7, 11) is 0. The number of nitrogens with one attached hydrogen (secondary N) is 1. The number of carbonyl (C=O) groups is 2. The Morgan fingerprint density at radius 2 is 1.94 bits per heavy atom. The molecule has 0 unspecified atom stereocenters. The van der Waals surface area contributed by atoms with Crippen LogP contribution in [0.2, 0.25) is 5.02 Å². The zero-order valence-corrected chi connectivity index (χ0v) is 9.57. The Hall–Kier alpha value is -1.95. The van der Waals surface area contributed by atoms with E-state index in [1.165, 1.54) is 0 Å². The number of benzene rings is 1. The second-order valence-corrected chi connectivity index (χ2v) is 3.37. The number of amides is 2. The minimum atomic E-state index is -0.891. The monoisotopic (exact) mass is 258 g/mol. The summed E-state index contributed by atoms with van der Waals surface area (Å²) in [6, 6.07) is 6.31. The maximum absolute atomic E-state index is 11.2. The maximum Gasteiger partial charge on any atom is 0.412 e. The van der Waals surface area contributed by atoms with Crippen LogP contribution in [-0.4, -0.2) is 25.3 Å². The van der Waals surface area contributed by atoms with Gasteiger partial charge in [0.25, 0.3) is 0 Å². The van der Waals surface area contributed by atoms with Crippen LogP contribution >= 0.6 is 11.6 Å². The summed E-state index contributed by atoms with van der Waals surface area (Å²) in [5.41, 5.74) is 4.73. The van der Waals surface area contributed by atoms with Gasteiger partial charge in [0.1, 0.15) is 12.4 Å². The number of carbonyl (C=O) groups excluding carboxylic acids is 2. The normalized spacial score (nSPS) is 9.47. The van der Waals surface area contributed by atoms with E-state index in [-0.39, 0.29) is 13.2 Å². The summed E-state index contributed by atoms with van der Waals surface area (Å²) in [5.74, 6) is 0.364. The van der Waals surface area contributed by atoms with E-state index in [4.69, 9.17) is 22.1 Å². The van der Waals surface area contributed by atoms with Crippen molar-refractivity contribution in [3.63, 3.8) is 0 Å². The fourth-order valence-electron chi connectivity index (χ4n) is 0.950. The molecule has 3 N–H and O–H groups in total. The SMILES string of the molecule is NC(=O)OCCNC(=O)Oc1ccc(Cl)cc1. The zero-order valence-electron chi connectivity index (χ0n) is 8.81. The standard InChI is InChI=1S/C10H11ClN2O4/c11-7-1-3-8(4-2-7)17-10(15)13-5-6-16-9(12)14/h1-4H,5-6H2,(H2,12,14)(H,13,15). The van der Waals surface area contributed by atoms with Crippen LogP contribution in [0.1, 0.15) is 0 Å². The average molecular weight is 259 g/mol. The molecule has 6 nitrogen and oxygen atoms in total. The lowest BCUT2D eigenvalue weighted by atomic mass is 10.3. The minimum Gasteiger partial charge on any atom is -0.448 e. The van der Waals surface area contributed by atoms with Crippen molar-refractivity contribution < 1.29 is 19.1 Å². The second kappa shape index (κ2) is 6.59. The van der Waals surface area contributed by atoms with E-state index in [9.17, 15) is 9.59 Å². The van der Waals surface area contributed by atoms with Crippen LogP contribution in [0.15, 0.2) is 24.3 Å². The summed E-state index contributed by atoms with van der Waals surface area (Å²) in [5, 5.41) is 2.92. The van der Waals surface area contributed by atoms with Crippen LogP contribution in [0.3, 0.4) is 0 Å². The van der Waals surface area contributed by atoms with Gasteiger partial charge in [0.05, 0.1) is 6.54 Å². The van der Waals surface area contributed by atoms with Gasteiger partial charge < -0.3 is 20.5 Å². The quantitative estimate of drug-likeness (QED) is 0.801. The lowest BCUT2D eigenvalue weighted by Gasteiger charge is -2.06. The summed E-state index contributed by atoms with van der Waals surface area (Å²) in [4.78, 5) is 21.4. The third-order valence-corrected chi connectivity index (χ3v) is 1.89. The first-order valence-corrected chi connectivity index (χ1v) is 5.09. The number of halogens is 1. The molecule has 0 saturated carbocycles. The molecule has 0 aliphatic carbocycles. The van der Waals surface area contributed by atoms with Crippen LogP contribution in [0.4, 0.5) is 9.59 Å².